The topological polar surface area (TPSA) is 57.7 Å². The van der Waals surface area contributed by atoms with E-state index in [-0.39, 0.29) is 17.6 Å². The predicted octanol–water partition coefficient (Wildman–Crippen LogP) is 1.40. The average Bonchev–Trinajstić information content (AvgIpc) is 3.19. The monoisotopic (exact) mass is 368 g/mol. The molecule has 3 aliphatic rings. The lowest BCUT2D eigenvalue weighted by Crippen LogP contribution is -2.69. The van der Waals surface area contributed by atoms with E-state index in [4.69, 9.17) is 0 Å². The molecule has 3 saturated heterocycles. The van der Waals surface area contributed by atoms with E-state index >= 15 is 0 Å². The zero-order chi connectivity index (χ0) is 16.8. The molecule has 1 spiro atoms. The maximum Gasteiger partial charge on any atom is 0.227 e. The minimum absolute atomic E-state index is 0.0565. The van der Waals surface area contributed by atoms with Crippen molar-refractivity contribution in [3.05, 3.63) is 22.4 Å². The van der Waals surface area contributed by atoms with Gasteiger partial charge in [0.25, 0.3) is 0 Å². The molecular weight excluding hydrogens is 344 g/mol. The van der Waals surface area contributed by atoms with E-state index < -0.39 is 14.6 Å². The van der Waals surface area contributed by atoms with Gasteiger partial charge in [0.05, 0.1) is 12.2 Å². The van der Waals surface area contributed by atoms with E-state index in [1.807, 2.05) is 16.8 Å². The van der Waals surface area contributed by atoms with Gasteiger partial charge in [-0.1, -0.05) is 0 Å². The van der Waals surface area contributed by atoms with Crippen LogP contribution in [0.3, 0.4) is 0 Å². The molecule has 0 radical (unpaired) electrons. The molecule has 3 aliphatic heterocycles. The highest BCUT2D eigenvalue weighted by molar-refractivity contribution is 7.93. The lowest BCUT2D eigenvalue weighted by atomic mass is 9.82. The van der Waals surface area contributed by atoms with Crippen molar-refractivity contribution in [2.45, 2.75) is 30.4 Å². The molecule has 4 heterocycles. The van der Waals surface area contributed by atoms with Crippen molar-refractivity contribution in [2.24, 2.45) is 5.92 Å². The first-order valence-electron chi connectivity index (χ1n) is 8.74. The maximum atomic E-state index is 12.7. The first-order valence-corrected chi connectivity index (χ1v) is 11.3. The van der Waals surface area contributed by atoms with Gasteiger partial charge in [0.15, 0.2) is 9.84 Å². The van der Waals surface area contributed by atoms with Gasteiger partial charge in [-0.05, 0) is 60.7 Å². The summed E-state index contributed by atoms with van der Waals surface area (Å²) in [7, 11) is -3.09. The third kappa shape index (κ3) is 2.70. The molecule has 0 saturated carbocycles. The lowest BCUT2D eigenvalue weighted by Gasteiger charge is -2.50. The molecule has 1 amide bonds. The highest BCUT2D eigenvalue weighted by Crippen LogP contribution is 2.45. The second-order valence-corrected chi connectivity index (χ2v) is 10.7. The Kier molecular flexibility index (Phi) is 4.21. The zero-order valence-electron chi connectivity index (χ0n) is 13.8. The molecule has 0 aliphatic carbocycles. The van der Waals surface area contributed by atoms with E-state index in [1.54, 1.807) is 16.2 Å². The summed E-state index contributed by atoms with van der Waals surface area (Å²) >= 11 is 1.58. The van der Waals surface area contributed by atoms with Gasteiger partial charge in [-0.2, -0.15) is 11.3 Å². The standard InChI is InChI=1S/C17H24N2O3S2/c20-16(9-14-3-7-23-11-14)19-12-17(13-19)15(4-8-24(17,21)22)10-18-5-1-2-6-18/h3,7,11,15H,1-2,4-6,8-10,12-13H2. The van der Waals surface area contributed by atoms with Gasteiger partial charge in [0, 0.05) is 19.6 Å². The summed E-state index contributed by atoms with van der Waals surface area (Å²) < 4.78 is 24.7. The smallest absolute Gasteiger partial charge is 0.227 e. The van der Waals surface area contributed by atoms with Crippen LogP contribution in [0.4, 0.5) is 0 Å². The number of carbonyl (C=O) groups is 1. The van der Waals surface area contributed by atoms with Crippen LogP contribution in [0.15, 0.2) is 16.8 Å². The van der Waals surface area contributed by atoms with E-state index in [1.165, 1.54) is 12.8 Å². The first-order chi connectivity index (χ1) is 11.5. The molecular formula is C17H24N2O3S2. The van der Waals surface area contributed by atoms with Gasteiger partial charge in [0.1, 0.15) is 4.75 Å². The first kappa shape index (κ1) is 16.5. The number of hydrogen-bond acceptors (Lipinski definition) is 5. The molecule has 132 valence electrons. The van der Waals surface area contributed by atoms with E-state index in [9.17, 15) is 13.2 Å². The molecule has 4 rings (SSSR count). The molecule has 1 unspecified atom stereocenters. The van der Waals surface area contributed by atoms with Crippen molar-refractivity contribution in [3.63, 3.8) is 0 Å². The van der Waals surface area contributed by atoms with Gasteiger partial charge >= 0.3 is 0 Å². The van der Waals surface area contributed by atoms with Crippen LogP contribution < -0.4 is 0 Å². The molecule has 0 bridgehead atoms. The number of likely N-dealkylation sites (tertiary alicyclic amines) is 2. The second-order valence-electron chi connectivity index (χ2n) is 7.44. The highest BCUT2D eigenvalue weighted by Gasteiger charge is 2.62. The highest BCUT2D eigenvalue weighted by atomic mass is 32.2. The molecule has 3 fully saturated rings. The molecule has 7 heteroatoms. The second kappa shape index (κ2) is 6.11. The van der Waals surface area contributed by atoms with Crippen LogP contribution in [-0.2, 0) is 21.1 Å². The van der Waals surface area contributed by atoms with Crippen LogP contribution in [0.1, 0.15) is 24.8 Å². The van der Waals surface area contributed by atoms with Gasteiger partial charge in [-0.3, -0.25) is 4.79 Å². The number of nitrogens with zero attached hydrogens (tertiary/aromatic N) is 2. The summed E-state index contributed by atoms with van der Waals surface area (Å²) in [5.41, 5.74) is 1.02. The summed E-state index contributed by atoms with van der Waals surface area (Å²) in [6.45, 7) is 3.86. The molecule has 1 atom stereocenters. The summed E-state index contributed by atoms with van der Waals surface area (Å²) in [4.78, 5) is 16.6. The number of carbonyl (C=O) groups excluding carboxylic acids is 1. The van der Waals surface area contributed by atoms with Crippen molar-refractivity contribution in [3.8, 4) is 0 Å². The summed E-state index contributed by atoms with van der Waals surface area (Å²) in [5.74, 6) is 0.532. The Morgan fingerprint density at radius 3 is 2.71 bits per heavy atom. The Hall–Kier alpha value is -0.920. The third-order valence-electron chi connectivity index (χ3n) is 5.98. The molecule has 5 nitrogen and oxygen atoms in total. The fourth-order valence-electron chi connectivity index (χ4n) is 4.46. The third-order valence-corrected chi connectivity index (χ3v) is 9.32. The lowest BCUT2D eigenvalue weighted by molar-refractivity contribution is -0.136. The Bertz CT molecular complexity index is 702. The number of amides is 1. The van der Waals surface area contributed by atoms with Crippen LogP contribution in [0, 0.1) is 5.92 Å². The summed E-state index contributed by atoms with van der Waals surface area (Å²) in [6.07, 6.45) is 3.58. The quantitative estimate of drug-likeness (QED) is 0.806. The van der Waals surface area contributed by atoms with Crippen LogP contribution in [-0.4, -0.2) is 67.3 Å². The zero-order valence-corrected chi connectivity index (χ0v) is 15.4. The Morgan fingerprint density at radius 1 is 1.29 bits per heavy atom. The van der Waals surface area contributed by atoms with Gasteiger partial charge in [-0.15, -0.1) is 0 Å². The minimum Gasteiger partial charge on any atom is -0.339 e. The van der Waals surface area contributed by atoms with E-state index in [0.29, 0.717) is 19.5 Å². The molecule has 0 N–H and O–H groups in total. The normalized spacial score (nSPS) is 28.3. The Morgan fingerprint density at radius 2 is 2.04 bits per heavy atom. The number of hydrogen-bond donors (Lipinski definition) is 0. The fourth-order valence-corrected chi connectivity index (χ4v) is 7.54. The number of rotatable bonds is 4. The number of thiophene rings is 1. The van der Waals surface area contributed by atoms with Crippen LogP contribution in [0.25, 0.3) is 0 Å². The maximum absolute atomic E-state index is 12.7. The largest absolute Gasteiger partial charge is 0.339 e. The van der Waals surface area contributed by atoms with E-state index in [0.717, 1.165) is 31.6 Å². The predicted molar refractivity (Wildman–Crippen MR) is 94.9 cm³/mol. The number of sulfone groups is 1. The Labute approximate surface area is 147 Å². The molecule has 1 aromatic rings. The van der Waals surface area contributed by atoms with Gasteiger partial charge in [-0.25, -0.2) is 8.42 Å². The van der Waals surface area contributed by atoms with E-state index in [2.05, 4.69) is 4.90 Å². The average molecular weight is 369 g/mol. The van der Waals surface area contributed by atoms with Gasteiger partial charge < -0.3 is 9.80 Å². The SMILES string of the molecule is O=C(Cc1ccsc1)N1CC2(C1)C(CN1CCCC1)CCS2(=O)=O. The van der Waals surface area contributed by atoms with Crippen LogP contribution in [0.5, 0.6) is 0 Å². The van der Waals surface area contributed by atoms with Crippen molar-refractivity contribution < 1.29 is 13.2 Å². The Balaban J connectivity index is 1.44. The summed E-state index contributed by atoms with van der Waals surface area (Å²) in [5, 5.41) is 3.95. The molecule has 0 aromatic carbocycles. The van der Waals surface area contributed by atoms with Crippen LogP contribution in [0.2, 0.25) is 0 Å². The summed E-state index contributed by atoms with van der Waals surface area (Å²) in [6, 6.07) is 1.96. The van der Waals surface area contributed by atoms with Crippen LogP contribution >= 0.6 is 11.3 Å². The fraction of sp³-hybridized carbons (Fsp3) is 0.706. The van der Waals surface area contributed by atoms with Crippen molar-refractivity contribution in [2.75, 3.05) is 38.5 Å². The minimum atomic E-state index is -3.09. The van der Waals surface area contributed by atoms with Crippen molar-refractivity contribution in [1.82, 2.24) is 9.80 Å². The van der Waals surface area contributed by atoms with Crippen molar-refractivity contribution >= 4 is 27.1 Å². The molecule has 24 heavy (non-hydrogen) atoms. The van der Waals surface area contributed by atoms with Gasteiger partial charge in [0.2, 0.25) is 5.91 Å². The van der Waals surface area contributed by atoms with Crippen molar-refractivity contribution in [1.29, 1.82) is 0 Å². The molecule has 1 aromatic heterocycles.